The molecule has 0 amide bonds. The minimum Gasteiger partial charge on any atom is -0.496 e. The molecule has 4 nitrogen and oxygen atoms in total. The second-order valence-electron chi connectivity index (χ2n) is 3.42. The zero-order chi connectivity index (χ0) is 12.0. The van der Waals surface area contributed by atoms with Crippen molar-refractivity contribution in [3.8, 4) is 5.75 Å². The Bertz CT molecular complexity index is 360. The van der Waals surface area contributed by atoms with Crippen LogP contribution in [0.15, 0.2) is 18.2 Å². The fourth-order valence-electron chi connectivity index (χ4n) is 1.61. The quantitative estimate of drug-likeness (QED) is 0.801. The summed E-state index contributed by atoms with van der Waals surface area (Å²) in [5.41, 5.74) is 1.89. The highest BCUT2D eigenvalue weighted by Crippen LogP contribution is 2.24. The molecule has 1 aromatic carbocycles. The summed E-state index contributed by atoms with van der Waals surface area (Å²) in [7, 11) is 3.19. The van der Waals surface area contributed by atoms with Crippen molar-refractivity contribution in [2.45, 2.75) is 19.4 Å². The molecule has 16 heavy (non-hydrogen) atoms. The van der Waals surface area contributed by atoms with Crippen LogP contribution in [0.25, 0.3) is 0 Å². The van der Waals surface area contributed by atoms with E-state index in [1.165, 1.54) is 0 Å². The van der Waals surface area contributed by atoms with E-state index in [2.05, 4.69) is 0 Å². The minimum atomic E-state index is -0.811. The maximum absolute atomic E-state index is 10.6. The highest BCUT2D eigenvalue weighted by molar-refractivity contribution is 5.67. The lowest BCUT2D eigenvalue weighted by molar-refractivity contribution is -0.136. The molecule has 1 N–H and O–H groups in total. The highest BCUT2D eigenvalue weighted by atomic mass is 16.5. The Hall–Kier alpha value is -1.55. The van der Waals surface area contributed by atoms with Crippen LogP contribution in [-0.2, 0) is 22.6 Å². The van der Waals surface area contributed by atoms with Crippen LogP contribution in [0.5, 0.6) is 5.75 Å². The van der Waals surface area contributed by atoms with Gasteiger partial charge >= 0.3 is 5.97 Å². The van der Waals surface area contributed by atoms with Crippen LogP contribution < -0.4 is 4.74 Å². The third kappa shape index (κ3) is 3.24. The predicted octanol–water partition coefficient (Wildman–Crippen LogP) is 1.86. The summed E-state index contributed by atoms with van der Waals surface area (Å²) in [5.74, 6) is -0.0925. The van der Waals surface area contributed by atoms with Crippen molar-refractivity contribution in [1.82, 2.24) is 0 Å². The summed E-state index contributed by atoms with van der Waals surface area (Å²) in [4.78, 5) is 10.6. The number of carboxylic acid groups (broad SMARTS) is 1. The van der Waals surface area contributed by atoms with Gasteiger partial charge in [-0.2, -0.15) is 0 Å². The smallest absolute Gasteiger partial charge is 0.303 e. The molecule has 1 rings (SSSR count). The Morgan fingerprint density at radius 2 is 2.12 bits per heavy atom. The topological polar surface area (TPSA) is 55.8 Å². The van der Waals surface area contributed by atoms with Crippen LogP contribution in [0, 0.1) is 0 Å². The third-order valence-electron chi connectivity index (χ3n) is 2.34. The molecule has 4 heteroatoms. The average Bonchev–Trinajstić information content (AvgIpc) is 2.27. The highest BCUT2D eigenvalue weighted by Gasteiger charge is 2.10. The van der Waals surface area contributed by atoms with Crippen LogP contribution in [0.4, 0.5) is 0 Å². The standard InChI is InChI=1S/C12H16O4/c1-15-8-9-4-3-5-11(16-2)10(9)6-7-12(13)14/h3-5H,6-8H2,1-2H3,(H,13,14). The molecule has 0 aromatic heterocycles. The van der Waals surface area contributed by atoms with Crippen molar-refractivity contribution in [2.75, 3.05) is 14.2 Å². The van der Waals surface area contributed by atoms with E-state index in [0.29, 0.717) is 13.0 Å². The van der Waals surface area contributed by atoms with E-state index < -0.39 is 5.97 Å². The van der Waals surface area contributed by atoms with Crippen LogP contribution in [0.2, 0.25) is 0 Å². The van der Waals surface area contributed by atoms with Crippen LogP contribution in [0.3, 0.4) is 0 Å². The second kappa shape index (κ2) is 6.12. The molecular weight excluding hydrogens is 208 g/mol. The summed E-state index contributed by atoms with van der Waals surface area (Å²) < 4.78 is 10.3. The summed E-state index contributed by atoms with van der Waals surface area (Å²) in [6.07, 6.45) is 0.551. The molecule has 0 aliphatic carbocycles. The van der Waals surface area contributed by atoms with Crippen LogP contribution in [0.1, 0.15) is 17.5 Å². The van der Waals surface area contributed by atoms with Gasteiger partial charge in [-0.05, 0) is 18.1 Å². The van der Waals surface area contributed by atoms with Crippen molar-refractivity contribution in [3.63, 3.8) is 0 Å². The van der Waals surface area contributed by atoms with Gasteiger partial charge in [0, 0.05) is 19.1 Å². The molecule has 0 saturated heterocycles. The molecule has 0 heterocycles. The van der Waals surface area contributed by atoms with Gasteiger partial charge in [0.05, 0.1) is 13.7 Å². The lowest BCUT2D eigenvalue weighted by Crippen LogP contribution is -2.03. The Labute approximate surface area is 94.8 Å². The summed E-state index contributed by atoms with van der Waals surface area (Å²) >= 11 is 0. The maximum Gasteiger partial charge on any atom is 0.303 e. The van der Waals surface area contributed by atoms with Gasteiger partial charge in [-0.15, -0.1) is 0 Å². The number of hydrogen-bond acceptors (Lipinski definition) is 3. The Kier molecular flexibility index (Phi) is 4.79. The molecule has 0 bridgehead atoms. The third-order valence-corrected chi connectivity index (χ3v) is 2.34. The molecule has 0 atom stereocenters. The van der Waals surface area contributed by atoms with Gasteiger partial charge in [-0.25, -0.2) is 0 Å². The number of benzene rings is 1. The van der Waals surface area contributed by atoms with Crippen molar-refractivity contribution in [2.24, 2.45) is 0 Å². The van der Waals surface area contributed by atoms with E-state index in [0.717, 1.165) is 16.9 Å². The zero-order valence-corrected chi connectivity index (χ0v) is 9.53. The number of ether oxygens (including phenoxy) is 2. The Morgan fingerprint density at radius 3 is 2.69 bits per heavy atom. The molecule has 1 aromatic rings. The lowest BCUT2D eigenvalue weighted by Gasteiger charge is -2.12. The molecule has 0 unspecified atom stereocenters. The molecule has 0 fully saturated rings. The number of carboxylic acids is 1. The molecule has 0 aliphatic heterocycles. The number of methoxy groups -OCH3 is 2. The first-order valence-corrected chi connectivity index (χ1v) is 5.04. The lowest BCUT2D eigenvalue weighted by atomic mass is 10.0. The monoisotopic (exact) mass is 224 g/mol. The largest absolute Gasteiger partial charge is 0.496 e. The number of aliphatic carboxylic acids is 1. The Balaban J connectivity index is 2.94. The fraction of sp³-hybridized carbons (Fsp3) is 0.417. The van der Waals surface area contributed by atoms with E-state index in [4.69, 9.17) is 14.6 Å². The van der Waals surface area contributed by atoms with Gasteiger partial charge in [0.1, 0.15) is 5.75 Å². The number of rotatable bonds is 6. The van der Waals surface area contributed by atoms with Crippen molar-refractivity contribution in [1.29, 1.82) is 0 Å². The molecule has 0 aliphatic rings. The summed E-state index contributed by atoms with van der Waals surface area (Å²) in [6.45, 7) is 0.464. The number of hydrogen-bond donors (Lipinski definition) is 1. The summed E-state index contributed by atoms with van der Waals surface area (Å²) in [6, 6.07) is 5.62. The SMILES string of the molecule is COCc1cccc(OC)c1CCC(=O)O. The van der Waals surface area contributed by atoms with Crippen molar-refractivity contribution < 1.29 is 19.4 Å². The van der Waals surface area contributed by atoms with Gasteiger partial charge in [0.25, 0.3) is 0 Å². The average molecular weight is 224 g/mol. The fourth-order valence-corrected chi connectivity index (χ4v) is 1.61. The predicted molar refractivity (Wildman–Crippen MR) is 59.7 cm³/mol. The molecular formula is C12H16O4. The Morgan fingerprint density at radius 1 is 1.38 bits per heavy atom. The van der Waals surface area contributed by atoms with E-state index in [1.807, 2.05) is 18.2 Å². The molecule has 0 radical (unpaired) electrons. The van der Waals surface area contributed by atoms with E-state index in [-0.39, 0.29) is 6.42 Å². The first-order chi connectivity index (χ1) is 7.69. The van der Waals surface area contributed by atoms with E-state index >= 15 is 0 Å². The molecule has 88 valence electrons. The van der Waals surface area contributed by atoms with Crippen molar-refractivity contribution >= 4 is 5.97 Å². The summed E-state index contributed by atoms with van der Waals surface area (Å²) in [5, 5.41) is 8.69. The second-order valence-corrected chi connectivity index (χ2v) is 3.42. The van der Waals surface area contributed by atoms with E-state index in [9.17, 15) is 4.79 Å². The van der Waals surface area contributed by atoms with Crippen LogP contribution in [-0.4, -0.2) is 25.3 Å². The van der Waals surface area contributed by atoms with E-state index in [1.54, 1.807) is 14.2 Å². The van der Waals surface area contributed by atoms with Gasteiger partial charge in [-0.1, -0.05) is 12.1 Å². The molecule has 0 saturated carbocycles. The minimum absolute atomic E-state index is 0.0943. The van der Waals surface area contributed by atoms with Crippen molar-refractivity contribution in [3.05, 3.63) is 29.3 Å². The molecule has 0 spiro atoms. The maximum atomic E-state index is 10.6. The van der Waals surface area contributed by atoms with Crippen LogP contribution >= 0.6 is 0 Å². The van der Waals surface area contributed by atoms with Gasteiger partial charge in [0.15, 0.2) is 0 Å². The van der Waals surface area contributed by atoms with Gasteiger partial charge in [-0.3, -0.25) is 4.79 Å². The zero-order valence-electron chi connectivity index (χ0n) is 9.53. The normalized spacial score (nSPS) is 10.1. The van der Waals surface area contributed by atoms with Gasteiger partial charge in [0.2, 0.25) is 0 Å². The first-order valence-electron chi connectivity index (χ1n) is 5.04. The first kappa shape index (κ1) is 12.5. The number of carbonyl (C=O) groups is 1. The van der Waals surface area contributed by atoms with Gasteiger partial charge < -0.3 is 14.6 Å².